The van der Waals surface area contributed by atoms with Crippen LogP contribution in [-0.2, 0) is 9.59 Å². The van der Waals surface area contributed by atoms with Gasteiger partial charge in [0.2, 0.25) is 5.91 Å². The van der Waals surface area contributed by atoms with E-state index in [1.54, 1.807) is 0 Å². The quantitative estimate of drug-likeness (QED) is 0.786. The van der Waals surface area contributed by atoms with E-state index in [1.165, 1.54) is 4.90 Å². The molecule has 2 heterocycles. The molecule has 0 unspecified atom stereocenters. The summed E-state index contributed by atoms with van der Waals surface area (Å²) in [5.74, 6) is 1.42. The summed E-state index contributed by atoms with van der Waals surface area (Å²) in [4.78, 5) is 24.5. The van der Waals surface area contributed by atoms with Crippen molar-refractivity contribution >= 4 is 23.6 Å². The molecule has 0 aromatic carbocycles. The second kappa shape index (κ2) is 5.93. The normalized spacial score (nSPS) is 29.5. The fourth-order valence-corrected chi connectivity index (χ4v) is 3.84. The van der Waals surface area contributed by atoms with E-state index in [9.17, 15) is 14.7 Å². The highest BCUT2D eigenvalue weighted by atomic mass is 32.2. The van der Waals surface area contributed by atoms with Gasteiger partial charge < -0.3 is 15.1 Å². The number of carbonyl (C=O) groups is 2. The number of hydrogen-bond donors (Lipinski definition) is 2. The minimum absolute atomic E-state index is 0.115. The first-order valence-electron chi connectivity index (χ1n) is 6.36. The van der Waals surface area contributed by atoms with Crippen LogP contribution in [0.3, 0.4) is 0 Å². The molecular weight excluding hydrogens is 254 g/mol. The third kappa shape index (κ3) is 3.17. The fourth-order valence-electron chi connectivity index (χ4n) is 2.64. The molecule has 2 N–H and O–H groups in total. The van der Waals surface area contributed by atoms with Gasteiger partial charge >= 0.3 is 5.97 Å². The van der Waals surface area contributed by atoms with Crippen molar-refractivity contribution in [1.29, 1.82) is 0 Å². The smallest absolute Gasteiger partial charge is 0.326 e. The maximum Gasteiger partial charge on any atom is 0.326 e. The van der Waals surface area contributed by atoms with Gasteiger partial charge in [-0.1, -0.05) is 0 Å². The number of aliphatic hydroxyl groups excluding tert-OH is 1. The highest BCUT2D eigenvalue weighted by Crippen LogP contribution is 2.27. The van der Waals surface area contributed by atoms with E-state index in [-0.39, 0.29) is 18.9 Å². The average molecular weight is 273 g/mol. The van der Waals surface area contributed by atoms with Crippen LogP contribution in [0.4, 0.5) is 0 Å². The van der Waals surface area contributed by atoms with Crippen molar-refractivity contribution in [3.05, 3.63) is 0 Å². The van der Waals surface area contributed by atoms with E-state index in [1.807, 2.05) is 11.8 Å². The van der Waals surface area contributed by atoms with Crippen LogP contribution < -0.4 is 0 Å². The summed E-state index contributed by atoms with van der Waals surface area (Å²) in [6, 6.07) is -0.842. The van der Waals surface area contributed by atoms with Crippen molar-refractivity contribution in [1.82, 2.24) is 4.90 Å². The zero-order chi connectivity index (χ0) is 13.1. The number of carboxylic acids is 1. The Morgan fingerprint density at radius 2 is 1.94 bits per heavy atom. The number of thioether (sulfide) groups is 1. The molecule has 2 saturated heterocycles. The minimum Gasteiger partial charge on any atom is -0.480 e. The molecule has 2 atom stereocenters. The number of carbonyl (C=O) groups excluding carboxylic acids is 1. The molecule has 0 saturated carbocycles. The zero-order valence-electron chi connectivity index (χ0n) is 10.2. The number of aliphatic hydroxyl groups is 1. The summed E-state index contributed by atoms with van der Waals surface area (Å²) in [5.41, 5.74) is 0. The second-order valence-corrected chi connectivity index (χ2v) is 6.27. The third-order valence-electron chi connectivity index (χ3n) is 3.69. The maximum absolute atomic E-state index is 12.1. The highest BCUT2D eigenvalue weighted by molar-refractivity contribution is 7.99. The summed E-state index contributed by atoms with van der Waals surface area (Å²) in [7, 11) is 0. The first-order valence-corrected chi connectivity index (χ1v) is 7.51. The van der Waals surface area contributed by atoms with Crippen LogP contribution in [-0.4, -0.2) is 57.2 Å². The lowest BCUT2D eigenvalue weighted by Crippen LogP contribution is -2.41. The Balaban J connectivity index is 1.92. The molecule has 0 aromatic rings. The summed E-state index contributed by atoms with van der Waals surface area (Å²) < 4.78 is 0. The van der Waals surface area contributed by atoms with Gasteiger partial charge in [-0.25, -0.2) is 4.79 Å². The predicted molar refractivity (Wildman–Crippen MR) is 68.4 cm³/mol. The molecular formula is C12H19NO4S. The molecule has 2 aliphatic rings. The van der Waals surface area contributed by atoms with Gasteiger partial charge in [0.1, 0.15) is 6.04 Å². The number of likely N-dealkylation sites (tertiary alicyclic amines) is 1. The number of amides is 1. The Hall–Kier alpha value is -0.750. The van der Waals surface area contributed by atoms with Gasteiger partial charge in [-0.3, -0.25) is 4.79 Å². The monoisotopic (exact) mass is 273 g/mol. The van der Waals surface area contributed by atoms with Crippen LogP contribution in [0.15, 0.2) is 0 Å². The lowest BCUT2D eigenvalue weighted by Gasteiger charge is -2.26. The summed E-state index contributed by atoms with van der Waals surface area (Å²) >= 11 is 1.90. The molecule has 0 bridgehead atoms. The van der Waals surface area contributed by atoms with Gasteiger partial charge in [0.05, 0.1) is 6.10 Å². The van der Waals surface area contributed by atoms with Gasteiger partial charge in [-0.15, -0.1) is 0 Å². The standard InChI is InChI=1S/C12H19NO4S/c14-9-6-10(12(16)17)13(7-9)11(15)5-8-1-3-18-4-2-8/h8-10,14H,1-7H2,(H,16,17)/t9-,10-/m1/s1. The molecule has 1 amide bonds. The Bertz CT molecular complexity index is 330. The highest BCUT2D eigenvalue weighted by Gasteiger charge is 2.39. The van der Waals surface area contributed by atoms with Crippen LogP contribution >= 0.6 is 11.8 Å². The van der Waals surface area contributed by atoms with Crippen LogP contribution in [0, 0.1) is 5.92 Å². The maximum atomic E-state index is 12.1. The van der Waals surface area contributed by atoms with Gasteiger partial charge in [0, 0.05) is 19.4 Å². The molecule has 5 nitrogen and oxygen atoms in total. The van der Waals surface area contributed by atoms with Crippen molar-refractivity contribution in [3.63, 3.8) is 0 Å². The van der Waals surface area contributed by atoms with E-state index >= 15 is 0 Å². The number of aliphatic carboxylic acids is 1. The first-order chi connectivity index (χ1) is 8.58. The van der Waals surface area contributed by atoms with E-state index < -0.39 is 18.1 Å². The van der Waals surface area contributed by atoms with Crippen LogP contribution in [0.1, 0.15) is 25.7 Å². The largest absolute Gasteiger partial charge is 0.480 e. The van der Waals surface area contributed by atoms with Gasteiger partial charge in [-0.2, -0.15) is 11.8 Å². The number of rotatable bonds is 3. The predicted octanol–water partition coefficient (Wildman–Crippen LogP) is 0.566. The molecule has 2 aliphatic heterocycles. The van der Waals surface area contributed by atoms with Crippen molar-refractivity contribution in [2.24, 2.45) is 5.92 Å². The molecule has 2 rings (SSSR count). The van der Waals surface area contributed by atoms with Gasteiger partial charge in [-0.05, 0) is 30.3 Å². The lowest BCUT2D eigenvalue weighted by atomic mass is 9.98. The molecule has 102 valence electrons. The van der Waals surface area contributed by atoms with Gasteiger partial charge in [0.15, 0.2) is 0 Å². The Morgan fingerprint density at radius 3 is 2.56 bits per heavy atom. The first kappa shape index (κ1) is 13.7. The molecule has 18 heavy (non-hydrogen) atoms. The van der Waals surface area contributed by atoms with Crippen molar-refractivity contribution in [3.8, 4) is 0 Å². The molecule has 2 fully saturated rings. The third-order valence-corrected chi connectivity index (χ3v) is 4.74. The summed E-state index contributed by atoms with van der Waals surface area (Å²) in [6.07, 6.45) is 1.95. The average Bonchev–Trinajstić information content (AvgIpc) is 2.73. The topological polar surface area (TPSA) is 77.8 Å². The molecule has 6 heteroatoms. The van der Waals surface area contributed by atoms with Crippen molar-refractivity contribution < 1.29 is 19.8 Å². The summed E-state index contributed by atoms with van der Waals surface area (Å²) in [5, 5.41) is 18.6. The second-order valence-electron chi connectivity index (χ2n) is 5.05. The van der Waals surface area contributed by atoms with Crippen LogP contribution in [0.25, 0.3) is 0 Å². The fraction of sp³-hybridized carbons (Fsp3) is 0.833. The van der Waals surface area contributed by atoms with Crippen LogP contribution in [0.5, 0.6) is 0 Å². The van der Waals surface area contributed by atoms with E-state index in [0.29, 0.717) is 12.3 Å². The molecule has 0 aliphatic carbocycles. The zero-order valence-corrected chi connectivity index (χ0v) is 11.1. The Kier molecular flexibility index (Phi) is 4.50. The lowest BCUT2D eigenvalue weighted by molar-refractivity contribution is -0.148. The van der Waals surface area contributed by atoms with E-state index in [2.05, 4.69) is 0 Å². The number of β-amino-alcohol motifs (C(OH)–C–C–N with tert-alkyl or cyclic N) is 1. The van der Waals surface area contributed by atoms with Gasteiger partial charge in [0.25, 0.3) is 0 Å². The van der Waals surface area contributed by atoms with Crippen molar-refractivity contribution in [2.45, 2.75) is 37.8 Å². The number of hydrogen-bond acceptors (Lipinski definition) is 4. The van der Waals surface area contributed by atoms with Crippen molar-refractivity contribution in [2.75, 3.05) is 18.1 Å². The Labute approximate surface area is 111 Å². The molecule has 0 radical (unpaired) electrons. The number of nitrogens with zero attached hydrogens (tertiary/aromatic N) is 1. The van der Waals surface area contributed by atoms with E-state index in [4.69, 9.17) is 5.11 Å². The summed E-state index contributed by atoms with van der Waals surface area (Å²) in [6.45, 7) is 0.164. The Morgan fingerprint density at radius 1 is 1.28 bits per heavy atom. The van der Waals surface area contributed by atoms with E-state index in [0.717, 1.165) is 24.3 Å². The minimum atomic E-state index is -1.01. The van der Waals surface area contributed by atoms with Crippen LogP contribution in [0.2, 0.25) is 0 Å². The number of carboxylic acid groups (broad SMARTS) is 1. The molecule has 0 aromatic heterocycles. The molecule has 0 spiro atoms. The SMILES string of the molecule is O=C(O)[C@H]1C[C@@H](O)CN1C(=O)CC1CCSCC1.